The summed E-state index contributed by atoms with van der Waals surface area (Å²) in [5.74, 6) is 0. The van der Waals surface area contributed by atoms with Crippen molar-refractivity contribution in [3.8, 4) is 0 Å². The fourth-order valence-corrected chi connectivity index (χ4v) is 2.97. The van der Waals surface area contributed by atoms with Crippen molar-refractivity contribution in [2.24, 2.45) is 0 Å². The second-order valence-electron chi connectivity index (χ2n) is 4.96. The predicted octanol–water partition coefficient (Wildman–Crippen LogP) is 5.04. The van der Waals surface area contributed by atoms with E-state index < -0.39 is 6.10 Å². The van der Waals surface area contributed by atoms with Crippen LogP contribution in [0.4, 0.5) is 0 Å². The zero-order chi connectivity index (χ0) is 15.0. The van der Waals surface area contributed by atoms with Crippen molar-refractivity contribution in [3.63, 3.8) is 0 Å². The normalized spacial score (nSPS) is 12.6. The van der Waals surface area contributed by atoms with Crippen molar-refractivity contribution in [2.45, 2.75) is 13.0 Å². The maximum atomic E-state index is 10.6. The van der Waals surface area contributed by atoms with E-state index in [0.29, 0.717) is 10.7 Å². The average molecular weight is 363 g/mol. The quantitative estimate of drug-likeness (QED) is 0.692. The van der Waals surface area contributed by atoms with Gasteiger partial charge >= 0.3 is 0 Å². The molecule has 0 saturated heterocycles. The summed E-state index contributed by atoms with van der Waals surface area (Å²) in [6.07, 6.45) is -0.818. The van der Waals surface area contributed by atoms with Gasteiger partial charge in [-0.05, 0) is 52.2 Å². The minimum absolute atomic E-state index is 0.591. The van der Waals surface area contributed by atoms with Gasteiger partial charge in [0.2, 0.25) is 0 Å². The molecule has 4 heteroatoms. The number of hydrogen-bond acceptors (Lipinski definition) is 2. The maximum absolute atomic E-state index is 10.6. The molecule has 1 heterocycles. The fraction of sp³-hybridized carbons (Fsp3) is 0.118. The van der Waals surface area contributed by atoms with Crippen molar-refractivity contribution < 1.29 is 5.11 Å². The first kappa shape index (κ1) is 14.5. The monoisotopic (exact) mass is 361 g/mol. The van der Waals surface area contributed by atoms with Gasteiger partial charge in [0.25, 0.3) is 0 Å². The zero-order valence-electron chi connectivity index (χ0n) is 11.3. The van der Waals surface area contributed by atoms with Crippen LogP contribution >= 0.6 is 27.5 Å². The molecule has 2 aromatic carbocycles. The summed E-state index contributed by atoms with van der Waals surface area (Å²) in [5.41, 5.74) is 3.16. The molecule has 1 atom stereocenters. The van der Waals surface area contributed by atoms with E-state index in [0.717, 1.165) is 26.5 Å². The van der Waals surface area contributed by atoms with Crippen LogP contribution in [-0.4, -0.2) is 10.1 Å². The van der Waals surface area contributed by atoms with Gasteiger partial charge in [0.05, 0.1) is 11.2 Å². The van der Waals surface area contributed by atoms with Gasteiger partial charge in [-0.3, -0.25) is 0 Å². The van der Waals surface area contributed by atoms with E-state index in [1.165, 1.54) is 0 Å². The standard InChI is InChI=1S/C17H13BrClNO/c1-10-6-7-12(9-14(10)19)17(21)16-13(18)8-11-4-2-3-5-15(11)20-16/h2-9,17,21H,1H3. The minimum atomic E-state index is -0.818. The molecule has 0 radical (unpaired) electrons. The molecule has 3 rings (SSSR count). The van der Waals surface area contributed by atoms with Gasteiger partial charge < -0.3 is 5.11 Å². The summed E-state index contributed by atoms with van der Waals surface area (Å²) in [5, 5.41) is 12.3. The number of rotatable bonds is 2. The highest BCUT2D eigenvalue weighted by Crippen LogP contribution is 2.31. The van der Waals surface area contributed by atoms with Crippen LogP contribution in [0.2, 0.25) is 5.02 Å². The Labute approximate surface area is 136 Å². The van der Waals surface area contributed by atoms with E-state index in [2.05, 4.69) is 20.9 Å². The number of para-hydroxylation sites is 1. The van der Waals surface area contributed by atoms with E-state index in [1.54, 1.807) is 6.07 Å². The van der Waals surface area contributed by atoms with E-state index in [9.17, 15) is 5.11 Å². The lowest BCUT2D eigenvalue weighted by molar-refractivity contribution is 0.215. The molecule has 0 bridgehead atoms. The van der Waals surface area contributed by atoms with Crippen molar-refractivity contribution >= 4 is 38.4 Å². The molecule has 1 N–H and O–H groups in total. The van der Waals surface area contributed by atoms with Crippen LogP contribution in [0, 0.1) is 6.92 Å². The molecule has 1 aromatic heterocycles. The lowest BCUT2D eigenvalue weighted by Crippen LogP contribution is -2.04. The highest BCUT2D eigenvalue weighted by Gasteiger charge is 2.17. The van der Waals surface area contributed by atoms with Gasteiger partial charge in [0, 0.05) is 14.9 Å². The Kier molecular flexibility index (Phi) is 3.98. The molecule has 0 spiro atoms. The molecule has 0 fully saturated rings. The minimum Gasteiger partial charge on any atom is -0.382 e. The third kappa shape index (κ3) is 2.82. The Balaban J connectivity index is 2.10. The van der Waals surface area contributed by atoms with E-state index >= 15 is 0 Å². The molecule has 2 nitrogen and oxygen atoms in total. The maximum Gasteiger partial charge on any atom is 0.122 e. The van der Waals surface area contributed by atoms with E-state index in [1.807, 2.05) is 49.4 Å². The van der Waals surface area contributed by atoms with Crippen LogP contribution in [0.15, 0.2) is 53.0 Å². The second-order valence-corrected chi connectivity index (χ2v) is 6.22. The third-order valence-corrected chi connectivity index (χ3v) is 4.52. The molecule has 0 amide bonds. The molecule has 0 aliphatic rings. The number of hydrogen-bond donors (Lipinski definition) is 1. The number of aliphatic hydroxyl groups is 1. The molecule has 106 valence electrons. The number of fused-ring (bicyclic) bond motifs is 1. The van der Waals surface area contributed by atoms with Crippen LogP contribution in [0.5, 0.6) is 0 Å². The number of aryl methyl sites for hydroxylation is 1. The summed E-state index contributed by atoms with van der Waals surface area (Å²) in [6, 6.07) is 15.3. The first-order valence-electron chi connectivity index (χ1n) is 6.55. The highest BCUT2D eigenvalue weighted by atomic mass is 79.9. The van der Waals surface area contributed by atoms with Crippen LogP contribution in [0.3, 0.4) is 0 Å². The molecule has 0 saturated carbocycles. The Morgan fingerprint density at radius 1 is 1.14 bits per heavy atom. The summed E-state index contributed by atoms with van der Waals surface area (Å²) < 4.78 is 0.783. The lowest BCUT2D eigenvalue weighted by Gasteiger charge is -2.14. The number of aliphatic hydroxyl groups excluding tert-OH is 1. The smallest absolute Gasteiger partial charge is 0.122 e. The van der Waals surface area contributed by atoms with Crippen LogP contribution in [0.25, 0.3) is 10.9 Å². The van der Waals surface area contributed by atoms with Crippen LogP contribution < -0.4 is 0 Å². The van der Waals surface area contributed by atoms with Gasteiger partial charge in [0.1, 0.15) is 6.10 Å². The van der Waals surface area contributed by atoms with Crippen molar-refractivity contribution in [1.29, 1.82) is 0 Å². The lowest BCUT2D eigenvalue weighted by atomic mass is 10.0. The fourth-order valence-electron chi connectivity index (χ4n) is 2.23. The van der Waals surface area contributed by atoms with Gasteiger partial charge in [-0.15, -0.1) is 0 Å². The van der Waals surface area contributed by atoms with Crippen molar-refractivity contribution in [2.75, 3.05) is 0 Å². The summed E-state index contributed by atoms with van der Waals surface area (Å²) in [4.78, 5) is 4.56. The van der Waals surface area contributed by atoms with E-state index in [-0.39, 0.29) is 0 Å². The third-order valence-electron chi connectivity index (χ3n) is 3.48. The van der Waals surface area contributed by atoms with Gasteiger partial charge in [-0.25, -0.2) is 4.98 Å². The molecule has 21 heavy (non-hydrogen) atoms. The highest BCUT2D eigenvalue weighted by molar-refractivity contribution is 9.10. The molecule has 0 aliphatic carbocycles. The van der Waals surface area contributed by atoms with Gasteiger partial charge in [0.15, 0.2) is 0 Å². The second kappa shape index (κ2) is 5.76. The largest absolute Gasteiger partial charge is 0.382 e. The summed E-state index contributed by atoms with van der Waals surface area (Å²) >= 11 is 9.63. The first-order chi connectivity index (χ1) is 10.1. The molecule has 1 unspecified atom stereocenters. The Morgan fingerprint density at radius 2 is 1.90 bits per heavy atom. The zero-order valence-corrected chi connectivity index (χ0v) is 13.7. The SMILES string of the molecule is Cc1ccc(C(O)c2nc3ccccc3cc2Br)cc1Cl. The van der Waals surface area contributed by atoms with Crippen molar-refractivity contribution in [3.05, 3.63) is 74.8 Å². The van der Waals surface area contributed by atoms with Crippen molar-refractivity contribution in [1.82, 2.24) is 4.98 Å². The van der Waals surface area contributed by atoms with Gasteiger partial charge in [-0.2, -0.15) is 0 Å². The number of benzene rings is 2. The number of aromatic nitrogens is 1. The number of nitrogens with zero attached hydrogens (tertiary/aromatic N) is 1. The van der Waals surface area contributed by atoms with Crippen LogP contribution in [-0.2, 0) is 0 Å². The molecule has 3 aromatic rings. The Morgan fingerprint density at radius 3 is 2.67 bits per heavy atom. The molecular weight excluding hydrogens is 350 g/mol. The average Bonchev–Trinajstić information content (AvgIpc) is 2.48. The summed E-state index contributed by atoms with van der Waals surface area (Å²) in [6.45, 7) is 1.93. The molecule has 0 aliphatic heterocycles. The first-order valence-corrected chi connectivity index (χ1v) is 7.72. The predicted molar refractivity (Wildman–Crippen MR) is 89.7 cm³/mol. The molecular formula is C17H13BrClNO. The number of halogens is 2. The topological polar surface area (TPSA) is 33.1 Å². The summed E-state index contributed by atoms with van der Waals surface area (Å²) in [7, 11) is 0. The number of pyridine rings is 1. The Hall–Kier alpha value is -1.42. The van der Waals surface area contributed by atoms with Crippen LogP contribution in [0.1, 0.15) is 22.9 Å². The van der Waals surface area contributed by atoms with Gasteiger partial charge in [-0.1, -0.05) is 41.9 Å². The van der Waals surface area contributed by atoms with E-state index in [4.69, 9.17) is 11.6 Å². The Bertz CT molecular complexity index is 819.